The number of piperazine rings is 1. The number of rotatable bonds is 6. The molecule has 0 radical (unpaired) electrons. The molecule has 0 aliphatic carbocycles. The summed E-state index contributed by atoms with van der Waals surface area (Å²) >= 11 is 0. The zero-order valence-corrected chi connectivity index (χ0v) is 15.0. The van der Waals surface area contributed by atoms with E-state index in [1.807, 2.05) is 23.6 Å². The third-order valence-corrected chi connectivity index (χ3v) is 4.48. The van der Waals surface area contributed by atoms with Crippen molar-refractivity contribution in [2.24, 2.45) is 0 Å². The van der Waals surface area contributed by atoms with Gasteiger partial charge in [0.25, 0.3) is 0 Å². The van der Waals surface area contributed by atoms with Crippen LogP contribution in [0.1, 0.15) is 19.4 Å². The Kier molecular flexibility index (Phi) is 7.18. The number of hydrogen-bond acceptors (Lipinski definition) is 3. The number of carbonyl (C=O) groups excluding carboxylic acids is 2. The molecule has 1 aliphatic rings. The van der Waals surface area contributed by atoms with Gasteiger partial charge in [0.05, 0.1) is 6.54 Å². The summed E-state index contributed by atoms with van der Waals surface area (Å²) in [6, 6.07) is 6.48. The quantitative estimate of drug-likeness (QED) is 0.846. The largest absolute Gasteiger partial charge is 0.351 e. The van der Waals surface area contributed by atoms with Crippen LogP contribution in [0.5, 0.6) is 0 Å². The number of nitrogens with one attached hydrogen (secondary N) is 1. The Labute approximate surface area is 148 Å². The minimum Gasteiger partial charge on any atom is -0.351 e. The molecule has 6 nitrogen and oxygen atoms in total. The van der Waals surface area contributed by atoms with E-state index in [1.165, 1.54) is 6.07 Å². The monoisotopic (exact) mass is 350 g/mol. The van der Waals surface area contributed by atoms with E-state index >= 15 is 0 Å². The number of nitrogens with zero attached hydrogens (tertiary/aromatic N) is 3. The fourth-order valence-corrected chi connectivity index (χ4v) is 2.89. The van der Waals surface area contributed by atoms with E-state index in [4.69, 9.17) is 0 Å². The lowest BCUT2D eigenvalue weighted by atomic mass is 10.2. The van der Waals surface area contributed by atoms with Crippen molar-refractivity contribution in [3.05, 3.63) is 35.6 Å². The Bertz CT molecular complexity index is 584. The smallest absolute Gasteiger partial charge is 0.320 e. The van der Waals surface area contributed by atoms with E-state index in [0.29, 0.717) is 44.8 Å². The molecule has 25 heavy (non-hydrogen) atoms. The third kappa shape index (κ3) is 5.42. The van der Waals surface area contributed by atoms with Crippen molar-refractivity contribution in [2.45, 2.75) is 20.4 Å². The fraction of sp³-hybridized carbons (Fsp3) is 0.556. The summed E-state index contributed by atoms with van der Waals surface area (Å²) in [6.07, 6.45) is 0. The van der Waals surface area contributed by atoms with E-state index in [2.05, 4.69) is 5.32 Å². The Hall–Kier alpha value is -2.15. The molecule has 0 spiro atoms. The molecule has 7 heteroatoms. The van der Waals surface area contributed by atoms with Crippen LogP contribution in [0.2, 0.25) is 0 Å². The molecular formula is C18H27FN4O2. The Morgan fingerprint density at radius 3 is 2.36 bits per heavy atom. The van der Waals surface area contributed by atoms with Gasteiger partial charge in [-0.05, 0) is 19.9 Å². The Morgan fingerprint density at radius 2 is 1.76 bits per heavy atom. The molecule has 2 rings (SSSR count). The van der Waals surface area contributed by atoms with E-state index in [-0.39, 0.29) is 30.8 Å². The topological polar surface area (TPSA) is 55.9 Å². The Morgan fingerprint density at radius 1 is 1.12 bits per heavy atom. The highest BCUT2D eigenvalue weighted by Gasteiger charge is 2.24. The highest BCUT2D eigenvalue weighted by molar-refractivity contribution is 5.78. The first-order valence-corrected chi connectivity index (χ1v) is 8.81. The number of halogens is 1. The van der Waals surface area contributed by atoms with Crippen molar-refractivity contribution >= 4 is 11.9 Å². The predicted octanol–water partition coefficient (Wildman–Crippen LogP) is 1.52. The standard InChI is InChI=1S/C18H27FN4O2/c1-3-22(4-2)18(25)23-11-9-21(10-12-23)14-17(24)20-13-15-7-5-6-8-16(15)19/h5-8H,3-4,9-14H2,1-2H3,(H,20,24). The number of carbonyl (C=O) groups is 2. The Balaban J connectivity index is 1.73. The molecule has 0 bridgehead atoms. The minimum absolute atomic E-state index is 0.0636. The third-order valence-electron chi connectivity index (χ3n) is 4.48. The normalized spacial score (nSPS) is 15.1. The first-order chi connectivity index (χ1) is 12.0. The zero-order valence-electron chi connectivity index (χ0n) is 15.0. The maximum Gasteiger partial charge on any atom is 0.320 e. The van der Waals surface area contributed by atoms with Crippen molar-refractivity contribution < 1.29 is 14.0 Å². The van der Waals surface area contributed by atoms with Gasteiger partial charge in [-0.15, -0.1) is 0 Å². The second-order valence-corrected chi connectivity index (χ2v) is 6.09. The molecule has 1 saturated heterocycles. The molecule has 1 N–H and O–H groups in total. The van der Waals surface area contributed by atoms with Crippen LogP contribution in [0.3, 0.4) is 0 Å². The van der Waals surface area contributed by atoms with Gasteiger partial charge in [-0.1, -0.05) is 18.2 Å². The van der Waals surface area contributed by atoms with E-state index in [0.717, 1.165) is 0 Å². The molecule has 1 fully saturated rings. The van der Waals surface area contributed by atoms with Gasteiger partial charge in [0.2, 0.25) is 5.91 Å². The number of amides is 3. The molecular weight excluding hydrogens is 323 g/mol. The first kappa shape index (κ1) is 19.2. The highest BCUT2D eigenvalue weighted by atomic mass is 19.1. The van der Waals surface area contributed by atoms with Gasteiger partial charge in [0, 0.05) is 51.4 Å². The van der Waals surface area contributed by atoms with Gasteiger partial charge in [0.15, 0.2) is 0 Å². The maximum atomic E-state index is 13.5. The minimum atomic E-state index is -0.314. The van der Waals surface area contributed by atoms with E-state index < -0.39 is 0 Å². The number of benzene rings is 1. The van der Waals surface area contributed by atoms with Gasteiger partial charge in [-0.3, -0.25) is 9.69 Å². The summed E-state index contributed by atoms with van der Waals surface area (Å²) in [5, 5.41) is 2.75. The molecule has 1 heterocycles. The molecule has 1 aromatic rings. The van der Waals surface area contributed by atoms with E-state index in [9.17, 15) is 14.0 Å². The van der Waals surface area contributed by atoms with Crippen LogP contribution in [0, 0.1) is 5.82 Å². The molecule has 138 valence electrons. The second-order valence-electron chi connectivity index (χ2n) is 6.09. The van der Waals surface area contributed by atoms with Crippen LogP contribution in [-0.4, -0.2) is 72.5 Å². The SMILES string of the molecule is CCN(CC)C(=O)N1CCN(CC(=O)NCc2ccccc2F)CC1. The highest BCUT2D eigenvalue weighted by Crippen LogP contribution is 2.07. The summed E-state index contributed by atoms with van der Waals surface area (Å²) in [5.74, 6) is -0.446. The molecule has 1 aromatic carbocycles. The number of hydrogen-bond donors (Lipinski definition) is 1. The van der Waals surface area contributed by atoms with Crippen molar-refractivity contribution in [2.75, 3.05) is 45.8 Å². The predicted molar refractivity (Wildman–Crippen MR) is 94.6 cm³/mol. The van der Waals surface area contributed by atoms with Gasteiger partial charge in [0.1, 0.15) is 5.82 Å². The summed E-state index contributed by atoms with van der Waals surface area (Å²) in [5.41, 5.74) is 0.477. The summed E-state index contributed by atoms with van der Waals surface area (Å²) in [7, 11) is 0. The van der Waals surface area contributed by atoms with Crippen LogP contribution in [0.25, 0.3) is 0 Å². The van der Waals surface area contributed by atoms with Crippen LogP contribution in [0.15, 0.2) is 24.3 Å². The van der Waals surface area contributed by atoms with Crippen LogP contribution < -0.4 is 5.32 Å². The van der Waals surface area contributed by atoms with Crippen LogP contribution >= 0.6 is 0 Å². The number of urea groups is 1. The summed E-state index contributed by atoms with van der Waals surface area (Å²) in [4.78, 5) is 30.0. The zero-order chi connectivity index (χ0) is 18.2. The average Bonchev–Trinajstić information content (AvgIpc) is 2.62. The van der Waals surface area contributed by atoms with Crippen LogP contribution in [0.4, 0.5) is 9.18 Å². The molecule has 1 aliphatic heterocycles. The lowest BCUT2D eigenvalue weighted by molar-refractivity contribution is -0.122. The average molecular weight is 350 g/mol. The first-order valence-electron chi connectivity index (χ1n) is 8.81. The van der Waals surface area contributed by atoms with Crippen molar-refractivity contribution in [3.8, 4) is 0 Å². The lowest BCUT2D eigenvalue weighted by Gasteiger charge is -2.36. The maximum absolute atomic E-state index is 13.5. The van der Waals surface area contributed by atoms with Gasteiger partial charge in [-0.25, -0.2) is 9.18 Å². The molecule has 0 aromatic heterocycles. The second kappa shape index (κ2) is 9.36. The lowest BCUT2D eigenvalue weighted by Crippen LogP contribution is -2.54. The van der Waals surface area contributed by atoms with Gasteiger partial charge >= 0.3 is 6.03 Å². The van der Waals surface area contributed by atoms with Gasteiger partial charge < -0.3 is 15.1 Å². The molecule has 3 amide bonds. The van der Waals surface area contributed by atoms with Crippen LogP contribution in [-0.2, 0) is 11.3 Å². The molecule has 0 unspecified atom stereocenters. The van der Waals surface area contributed by atoms with Crippen molar-refractivity contribution in [1.29, 1.82) is 0 Å². The fourth-order valence-electron chi connectivity index (χ4n) is 2.89. The molecule has 0 saturated carbocycles. The molecule has 0 atom stereocenters. The van der Waals surface area contributed by atoms with Crippen molar-refractivity contribution in [1.82, 2.24) is 20.0 Å². The van der Waals surface area contributed by atoms with E-state index in [1.54, 1.807) is 23.1 Å². The summed E-state index contributed by atoms with van der Waals surface area (Å²) in [6.45, 7) is 8.37. The van der Waals surface area contributed by atoms with Crippen molar-refractivity contribution in [3.63, 3.8) is 0 Å². The summed E-state index contributed by atoms with van der Waals surface area (Å²) < 4.78 is 13.5. The van der Waals surface area contributed by atoms with Gasteiger partial charge in [-0.2, -0.15) is 0 Å².